The van der Waals surface area contributed by atoms with Gasteiger partial charge in [-0.2, -0.15) is 0 Å². The smallest absolute Gasteiger partial charge is 0.325 e. The molecule has 164 valence electrons. The zero-order chi connectivity index (χ0) is 21.7. The van der Waals surface area contributed by atoms with E-state index in [1.807, 2.05) is 18.2 Å². The molecule has 1 heterocycles. The minimum absolute atomic E-state index is 0.254. The fraction of sp³-hybridized carbons (Fsp3) is 0.591. The van der Waals surface area contributed by atoms with Crippen molar-refractivity contribution in [3.63, 3.8) is 0 Å². The Hall–Kier alpha value is -2.77. The van der Waals surface area contributed by atoms with E-state index in [2.05, 4.69) is 17.6 Å². The van der Waals surface area contributed by atoms with Crippen LogP contribution in [0.5, 0.6) is 11.5 Å². The predicted molar refractivity (Wildman–Crippen MR) is 111 cm³/mol. The van der Waals surface area contributed by atoms with Crippen molar-refractivity contribution in [3.05, 3.63) is 23.8 Å². The zero-order valence-electron chi connectivity index (χ0n) is 18.0. The van der Waals surface area contributed by atoms with Gasteiger partial charge in [-0.25, -0.2) is 4.79 Å². The van der Waals surface area contributed by atoms with Gasteiger partial charge >= 0.3 is 6.03 Å². The molecule has 1 spiro atoms. The number of nitrogens with one attached hydrogen (secondary N) is 2. The fourth-order valence-corrected chi connectivity index (χ4v) is 4.32. The third-order valence-electron chi connectivity index (χ3n) is 6.27. The molecule has 1 aliphatic carbocycles. The third kappa shape index (κ3) is 4.52. The Kier molecular flexibility index (Phi) is 6.84. The molecule has 0 aromatic heterocycles. The molecular formula is C22H31N3O5. The summed E-state index contributed by atoms with van der Waals surface area (Å²) in [6.45, 7) is 2.28. The predicted octanol–water partition coefficient (Wildman–Crippen LogP) is 2.25. The summed E-state index contributed by atoms with van der Waals surface area (Å²) in [4.78, 5) is 38.6. The maximum atomic E-state index is 12.9. The summed E-state index contributed by atoms with van der Waals surface area (Å²) in [5.41, 5.74) is 0.164. The molecule has 1 saturated heterocycles. The van der Waals surface area contributed by atoms with Crippen molar-refractivity contribution in [1.82, 2.24) is 15.5 Å². The average molecular weight is 418 g/mol. The van der Waals surface area contributed by atoms with Crippen LogP contribution in [0, 0.1) is 5.92 Å². The van der Waals surface area contributed by atoms with Crippen LogP contribution >= 0.6 is 0 Å². The summed E-state index contributed by atoms with van der Waals surface area (Å²) in [5, 5.41) is 5.64. The number of hydrogen-bond donors (Lipinski definition) is 2. The topological polar surface area (TPSA) is 97.0 Å². The summed E-state index contributed by atoms with van der Waals surface area (Å²) >= 11 is 0. The van der Waals surface area contributed by atoms with Crippen molar-refractivity contribution >= 4 is 17.8 Å². The van der Waals surface area contributed by atoms with Gasteiger partial charge < -0.3 is 20.1 Å². The van der Waals surface area contributed by atoms with Gasteiger partial charge in [0.15, 0.2) is 11.5 Å². The molecule has 2 fully saturated rings. The van der Waals surface area contributed by atoms with E-state index in [1.54, 1.807) is 14.2 Å². The van der Waals surface area contributed by atoms with Crippen LogP contribution in [0.25, 0.3) is 0 Å². The minimum atomic E-state index is -0.817. The summed E-state index contributed by atoms with van der Waals surface area (Å²) in [7, 11) is 3.15. The standard InChI is InChI=1S/C22H31N3O5/c1-4-15-7-10-22(11-8-15)20(27)25(21(28)24-22)14-19(26)23-12-9-16-5-6-17(29-2)18(13-16)30-3/h5-6,13,15H,4,7-12,14H2,1-3H3,(H,23,26)(H,24,28). The van der Waals surface area contributed by atoms with Crippen LogP contribution in [0.1, 0.15) is 44.6 Å². The van der Waals surface area contributed by atoms with E-state index in [9.17, 15) is 14.4 Å². The number of rotatable bonds is 8. The molecule has 8 heteroatoms. The Morgan fingerprint density at radius 2 is 1.90 bits per heavy atom. The van der Waals surface area contributed by atoms with Gasteiger partial charge in [0.25, 0.3) is 5.91 Å². The summed E-state index contributed by atoms with van der Waals surface area (Å²) < 4.78 is 10.5. The van der Waals surface area contributed by atoms with Crippen LogP contribution in [0.2, 0.25) is 0 Å². The molecule has 3 rings (SSSR count). The molecule has 1 saturated carbocycles. The number of carbonyl (C=O) groups excluding carboxylic acids is 3. The van der Waals surface area contributed by atoms with Crippen molar-refractivity contribution in [2.24, 2.45) is 5.92 Å². The Morgan fingerprint density at radius 3 is 2.53 bits per heavy atom. The van der Waals surface area contributed by atoms with Gasteiger partial charge in [0, 0.05) is 6.54 Å². The number of hydrogen-bond acceptors (Lipinski definition) is 5. The van der Waals surface area contributed by atoms with E-state index in [0.717, 1.165) is 29.7 Å². The van der Waals surface area contributed by atoms with Gasteiger partial charge in [0.2, 0.25) is 5.91 Å². The number of urea groups is 1. The van der Waals surface area contributed by atoms with Gasteiger partial charge in [0.05, 0.1) is 14.2 Å². The molecule has 8 nitrogen and oxygen atoms in total. The molecule has 30 heavy (non-hydrogen) atoms. The second kappa shape index (κ2) is 9.36. The SMILES string of the molecule is CCC1CCC2(CC1)NC(=O)N(CC(=O)NCCc1ccc(OC)c(OC)c1)C2=O. The van der Waals surface area contributed by atoms with Crippen molar-refractivity contribution in [2.45, 2.75) is 51.0 Å². The highest BCUT2D eigenvalue weighted by atomic mass is 16.5. The molecule has 1 aromatic carbocycles. The normalized spacial score (nSPS) is 23.4. The molecule has 0 unspecified atom stereocenters. The molecule has 1 aliphatic heterocycles. The van der Waals surface area contributed by atoms with Crippen LogP contribution in [0.15, 0.2) is 18.2 Å². The van der Waals surface area contributed by atoms with E-state index in [1.165, 1.54) is 0 Å². The quantitative estimate of drug-likeness (QED) is 0.633. The van der Waals surface area contributed by atoms with Crippen molar-refractivity contribution in [3.8, 4) is 11.5 Å². The van der Waals surface area contributed by atoms with Gasteiger partial charge in [-0.05, 0) is 55.7 Å². The van der Waals surface area contributed by atoms with E-state index in [4.69, 9.17) is 9.47 Å². The summed E-state index contributed by atoms with van der Waals surface area (Å²) in [6, 6.07) is 5.11. The molecule has 1 aromatic rings. The lowest BCUT2D eigenvalue weighted by Crippen LogP contribution is -2.50. The van der Waals surface area contributed by atoms with Crippen molar-refractivity contribution in [1.29, 1.82) is 0 Å². The van der Waals surface area contributed by atoms with Crippen LogP contribution in [0.3, 0.4) is 0 Å². The second-order valence-corrected chi connectivity index (χ2v) is 8.04. The maximum Gasteiger partial charge on any atom is 0.325 e. The van der Waals surface area contributed by atoms with Crippen LogP contribution < -0.4 is 20.1 Å². The van der Waals surface area contributed by atoms with E-state index < -0.39 is 11.6 Å². The molecule has 4 amide bonds. The van der Waals surface area contributed by atoms with Crippen LogP contribution in [0.4, 0.5) is 4.79 Å². The van der Waals surface area contributed by atoms with Crippen LogP contribution in [-0.2, 0) is 16.0 Å². The van der Waals surface area contributed by atoms with E-state index in [0.29, 0.717) is 43.2 Å². The maximum absolute atomic E-state index is 12.9. The van der Waals surface area contributed by atoms with Gasteiger partial charge in [-0.15, -0.1) is 0 Å². The first-order valence-corrected chi connectivity index (χ1v) is 10.5. The first kappa shape index (κ1) is 21.9. The second-order valence-electron chi connectivity index (χ2n) is 8.04. The molecule has 2 N–H and O–H groups in total. The Morgan fingerprint density at radius 1 is 1.20 bits per heavy atom. The van der Waals surface area contributed by atoms with Gasteiger partial charge in [-0.3, -0.25) is 14.5 Å². The number of methoxy groups -OCH3 is 2. The number of amides is 4. The summed E-state index contributed by atoms with van der Waals surface area (Å²) in [5.74, 6) is 1.26. The zero-order valence-corrected chi connectivity index (χ0v) is 18.0. The lowest BCUT2D eigenvalue weighted by atomic mass is 9.75. The largest absolute Gasteiger partial charge is 0.493 e. The Labute approximate surface area is 177 Å². The third-order valence-corrected chi connectivity index (χ3v) is 6.27. The summed E-state index contributed by atoms with van der Waals surface area (Å²) in [6.07, 6.45) is 4.82. The number of benzene rings is 1. The molecule has 0 atom stereocenters. The van der Waals surface area contributed by atoms with Crippen molar-refractivity contribution < 1.29 is 23.9 Å². The number of carbonyl (C=O) groups is 3. The number of imide groups is 1. The molecule has 0 bridgehead atoms. The highest BCUT2D eigenvalue weighted by Gasteiger charge is 2.52. The molecular weight excluding hydrogens is 386 g/mol. The monoisotopic (exact) mass is 417 g/mol. The van der Waals surface area contributed by atoms with Crippen LogP contribution in [-0.4, -0.2) is 55.6 Å². The Balaban J connectivity index is 1.50. The molecule has 2 aliphatic rings. The highest BCUT2D eigenvalue weighted by Crippen LogP contribution is 2.37. The highest BCUT2D eigenvalue weighted by molar-refractivity contribution is 6.09. The van der Waals surface area contributed by atoms with Gasteiger partial charge in [0.1, 0.15) is 12.1 Å². The lowest BCUT2D eigenvalue weighted by molar-refractivity contribution is -0.136. The van der Waals surface area contributed by atoms with Crippen molar-refractivity contribution in [2.75, 3.05) is 27.3 Å². The fourth-order valence-electron chi connectivity index (χ4n) is 4.32. The van der Waals surface area contributed by atoms with E-state index in [-0.39, 0.29) is 18.4 Å². The number of ether oxygens (including phenoxy) is 2. The van der Waals surface area contributed by atoms with E-state index >= 15 is 0 Å². The molecule has 0 radical (unpaired) electrons. The minimum Gasteiger partial charge on any atom is -0.493 e. The average Bonchev–Trinajstić information content (AvgIpc) is 2.98. The first-order chi connectivity index (χ1) is 14.4. The first-order valence-electron chi connectivity index (χ1n) is 10.5. The number of nitrogens with zero attached hydrogens (tertiary/aromatic N) is 1. The van der Waals surface area contributed by atoms with Gasteiger partial charge in [-0.1, -0.05) is 19.4 Å². The lowest BCUT2D eigenvalue weighted by Gasteiger charge is -2.34. The Bertz CT molecular complexity index is 802.